The van der Waals surface area contributed by atoms with E-state index in [9.17, 15) is 14.4 Å². The number of nitrogens with zero attached hydrogens (tertiary/aromatic N) is 2. The number of hydrogen-bond acceptors (Lipinski definition) is 6. The number of Topliss-reactive ketones (excluding diaryl/α,β-unsaturated/α-hetero) is 1. The van der Waals surface area contributed by atoms with Crippen LogP contribution in [-0.4, -0.2) is 71.4 Å². The van der Waals surface area contributed by atoms with Gasteiger partial charge in [0.15, 0.2) is 0 Å². The summed E-state index contributed by atoms with van der Waals surface area (Å²) in [5.41, 5.74) is 0. The third kappa shape index (κ3) is 25.3. The molecule has 0 unspecified atom stereocenters. The second-order valence-corrected chi connectivity index (χ2v) is 15.2. The highest BCUT2D eigenvalue weighted by molar-refractivity contribution is 8.14. The van der Waals surface area contributed by atoms with Gasteiger partial charge in [0.1, 0.15) is 11.9 Å². The molecule has 1 fully saturated rings. The number of carbonyl (C=O) groups excluding carboxylic acids is 3. The molecule has 0 radical (unpaired) electrons. The first-order valence-corrected chi connectivity index (χ1v) is 20.8. The van der Waals surface area contributed by atoms with Crippen LogP contribution in [0.2, 0.25) is 0 Å². The molecule has 6 nitrogen and oxygen atoms in total. The smallest absolute Gasteiger partial charge is 0.306 e. The van der Waals surface area contributed by atoms with Crippen molar-refractivity contribution in [2.45, 2.75) is 193 Å². The molecular formula is C40H74N2O4S. The third-order valence-electron chi connectivity index (χ3n) is 9.42. The quantitative estimate of drug-likeness (QED) is 0.0428. The fourth-order valence-electron chi connectivity index (χ4n) is 6.25. The van der Waals surface area contributed by atoms with Crippen molar-refractivity contribution < 1.29 is 19.1 Å². The molecule has 1 saturated heterocycles. The van der Waals surface area contributed by atoms with Crippen LogP contribution in [0.4, 0.5) is 4.79 Å². The number of unbranched alkanes of at least 4 members (excludes halogenated alkanes) is 12. The third-order valence-corrected chi connectivity index (χ3v) is 10.7. The van der Waals surface area contributed by atoms with E-state index in [1.807, 2.05) is 4.90 Å². The van der Waals surface area contributed by atoms with E-state index in [1.165, 1.54) is 88.8 Å². The summed E-state index contributed by atoms with van der Waals surface area (Å²) in [7, 11) is 2.14. The SMILES string of the molecule is CCCCCC/C=C\CCC(=O)CCCN(CCCC(=O)OC(CCCCCCC)CCCCCCC)C(=O)SC1CCN(C)CC1. The molecule has 0 N–H and O–H groups in total. The van der Waals surface area contributed by atoms with Gasteiger partial charge in [0.05, 0.1) is 0 Å². The first kappa shape index (κ1) is 43.7. The van der Waals surface area contributed by atoms with Crippen LogP contribution < -0.4 is 0 Å². The van der Waals surface area contributed by atoms with Gasteiger partial charge in [-0.1, -0.05) is 115 Å². The number of allylic oxidation sites excluding steroid dienone is 2. The fraction of sp³-hybridized carbons (Fsp3) is 0.875. The Hall–Kier alpha value is -1.34. The maximum atomic E-state index is 13.4. The van der Waals surface area contributed by atoms with Gasteiger partial charge in [-0.2, -0.15) is 0 Å². The zero-order valence-corrected chi connectivity index (χ0v) is 32.1. The van der Waals surface area contributed by atoms with Gasteiger partial charge >= 0.3 is 5.97 Å². The number of hydrogen-bond donors (Lipinski definition) is 0. The molecule has 1 heterocycles. The Morgan fingerprint density at radius 2 is 1.23 bits per heavy atom. The van der Waals surface area contributed by atoms with Gasteiger partial charge in [0.25, 0.3) is 5.24 Å². The summed E-state index contributed by atoms with van der Waals surface area (Å²) in [5.74, 6) is 0.149. The zero-order valence-electron chi connectivity index (χ0n) is 31.3. The number of ketones is 1. The van der Waals surface area contributed by atoms with Crippen molar-refractivity contribution in [3.05, 3.63) is 12.2 Å². The monoisotopic (exact) mass is 679 g/mol. The number of likely N-dealkylation sites (tertiary alicyclic amines) is 1. The maximum Gasteiger partial charge on any atom is 0.306 e. The molecule has 0 saturated carbocycles. The Balaban J connectivity index is 2.56. The van der Waals surface area contributed by atoms with Gasteiger partial charge in [-0.3, -0.25) is 14.4 Å². The summed E-state index contributed by atoms with van der Waals surface area (Å²) >= 11 is 1.46. The van der Waals surface area contributed by atoms with Crippen molar-refractivity contribution in [1.82, 2.24) is 9.80 Å². The lowest BCUT2D eigenvalue weighted by molar-refractivity contribution is -0.150. The number of rotatable bonds is 30. The van der Waals surface area contributed by atoms with Crippen LogP contribution in [0.1, 0.15) is 181 Å². The summed E-state index contributed by atoms with van der Waals surface area (Å²) in [6, 6.07) is 0. The number of amides is 1. The Bertz CT molecular complexity index is 798. The zero-order chi connectivity index (χ0) is 34.4. The van der Waals surface area contributed by atoms with Gasteiger partial charge < -0.3 is 14.5 Å². The molecule has 0 aromatic heterocycles. The van der Waals surface area contributed by atoms with E-state index in [4.69, 9.17) is 4.74 Å². The molecule has 1 aliphatic rings. The van der Waals surface area contributed by atoms with Crippen molar-refractivity contribution in [2.75, 3.05) is 33.2 Å². The van der Waals surface area contributed by atoms with E-state index in [2.05, 4.69) is 44.9 Å². The minimum absolute atomic E-state index is 0.0189. The standard InChI is InChI=1S/C40H74N2O4S/c1-5-8-11-14-15-16-19-20-25-36(43)26-23-32-42(40(45)47-38-30-34-41(4)35-31-38)33-24-29-39(44)46-37(27-21-17-12-9-6-2)28-22-18-13-10-7-3/h16,19,37-38H,5-15,17-18,20-35H2,1-4H3/b19-16-. The molecule has 1 amide bonds. The van der Waals surface area contributed by atoms with Gasteiger partial charge in [-0.15, -0.1) is 0 Å². The van der Waals surface area contributed by atoms with Crippen LogP contribution in [0.5, 0.6) is 0 Å². The number of piperidine rings is 1. The molecule has 0 atom stereocenters. The average molecular weight is 679 g/mol. The highest BCUT2D eigenvalue weighted by Crippen LogP contribution is 2.26. The molecular weight excluding hydrogens is 605 g/mol. The first-order chi connectivity index (χ1) is 22.9. The lowest BCUT2D eigenvalue weighted by Crippen LogP contribution is -2.35. The van der Waals surface area contributed by atoms with E-state index in [0.717, 1.165) is 64.5 Å². The largest absolute Gasteiger partial charge is 0.462 e. The van der Waals surface area contributed by atoms with E-state index in [1.54, 1.807) is 0 Å². The first-order valence-electron chi connectivity index (χ1n) is 19.9. The molecule has 274 valence electrons. The molecule has 47 heavy (non-hydrogen) atoms. The van der Waals surface area contributed by atoms with Crippen molar-refractivity contribution >= 4 is 28.8 Å². The van der Waals surface area contributed by atoms with Crippen LogP contribution in [0, 0.1) is 0 Å². The number of esters is 1. The van der Waals surface area contributed by atoms with Crippen molar-refractivity contribution in [1.29, 1.82) is 0 Å². The summed E-state index contributed by atoms with van der Waals surface area (Å²) in [5, 5.41) is 0.445. The van der Waals surface area contributed by atoms with E-state index in [0.29, 0.717) is 50.4 Å². The van der Waals surface area contributed by atoms with Gasteiger partial charge in [0, 0.05) is 37.6 Å². The lowest BCUT2D eigenvalue weighted by Gasteiger charge is -2.30. The van der Waals surface area contributed by atoms with Crippen LogP contribution in [0.3, 0.4) is 0 Å². The predicted octanol–water partition coefficient (Wildman–Crippen LogP) is 11.3. The molecule has 0 aromatic rings. The molecule has 7 heteroatoms. The summed E-state index contributed by atoms with van der Waals surface area (Å²) < 4.78 is 6.03. The topological polar surface area (TPSA) is 66.9 Å². The molecule has 0 bridgehead atoms. The molecule has 1 rings (SSSR count). The number of ether oxygens (including phenoxy) is 1. The highest BCUT2D eigenvalue weighted by atomic mass is 32.2. The van der Waals surface area contributed by atoms with Crippen LogP contribution in [-0.2, 0) is 14.3 Å². The predicted molar refractivity (Wildman–Crippen MR) is 202 cm³/mol. The summed E-state index contributed by atoms with van der Waals surface area (Å²) in [6.45, 7) is 9.86. The summed E-state index contributed by atoms with van der Waals surface area (Å²) in [4.78, 5) is 43.2. The maximum absolute atomic E-state index is 13.4. The molecule has 0 spiro atoms. The Labute approximate surface area is 295 Å². The molecule has 1 aliphatic heterocycles. The normalized spacial score (nSPS) is 14.3. The highest BCUT2D eigenvalue weighted by Gasteiger charge is 2.24. The van der Waals surface area contributed by atoms with E-state index >= 15 is 0 Å². The molecule has 0 aromatic carbocycles. The van der Waals surface area contributed by atoms with Crippen molar-refractivity contribution in [2.24, 2.45) is 0 Å². The lowest BCUT2D eigenvalue weighted by atomic mass is 10.0. The van der Waals surface area contributed by atoms with E-state index < -0.39 is 0 Å². The van der Waals surface area contributed by atoms with Gasteiger partial charge in [0.2, 0.25) is 0 Å². The minimum atomic E-state index is -0.124. The number of carbonyl (C=O) groups is 3. The van der Waals surface area contributed by atoms with Crippen molar-refractivity contribution in [3.63, 3.8) is 0 Å². The van der Waals surface area contributed by atoms with Crippen LogP contribution >= 0.6 is 11.8 Å². The fourth-order valence-corrected chi connectivity index (χ4v) is 7.31. The van der Waals surface area contributed by atoms with Gasteiger partial charge in [-0.05, 0) is 90.8 Å². The Morgan fingerprint density at radius 1 is 0.702 bits per heavy atom. The Kier molecular flexibility index (Phi) is 28.5. The Morgan fingerprint density at radius 3 is 1.83 bits per heavy atom. The van der Waals surface area contributed by atoms with E-state index in [-0.39, 0.29) is 23.1 Å². The summed E-state index contributed by atoms with van der Waals surface area (Å²) in [6.07, 6.45) is 30.3. The van der Waals surface area contributed by atoms with Gasteiger partial charge in [-0.25, -0.2) is 0 Å². The second kappa shape index (κ2) is 30.7. The average Bonchev–Trinajstić information content (AvgIpc) is 3.05. The minimum Gasteiger partial charge on any atom is -0.462 e. The van der Waals surface area contributed by atoms with Crippen LogP contribution in [0.15, 0.2) is 12.2 Å². The van der Waals surface area contributed by atoms with Crippen LogP contribution in [0.25, 0.3) is 0 Å². The number of thioether (sulfide) groups is 1. The molecule has 0 aliphatic carbocycles. The second-order valence-electron chi connectivity index (χ2n) is 14.0. The van der Waals surface area contributed by atoms with Crippen molar-refractivity contribution in [3.8, 4) is 0 Å².